The summed E-state index contributed by atoms with van der Waals surface area (Å²) < 4.78 is 19.5. The van der Waals surface area contributed by atoms with E-state index in [2.05, 4.69) is 29.6 Å². The topological polar surface area (TPSA) is 46.0 Å². The predicted octanol–water partition coefficient (Wildman–Crippen LogP) is 1.93. The number of amides is 1. The van der Waals surface area contributed by atoms with Crippen LogP contribution in [0.25, 0.3) is 0 Å². The third kappa shape index (κ3) is 4.82. The zero-order chi connectivity index (χ0) is 20.1. The number of hydrogen-bond donors (Lipinski definition) is 2. The van der Waals surface area contributed by atoms with E-state index in [0.29, 0.717) is 19.8 Å². The Hall–Kier alpha value is -2.15. The Balaban J connectivity index is 1.78. The van der Waals surface area contributed by atoms with Crippen LogP contribution in [0.5, 0.6) is 0 Å². The number of morpholine rings is 1. The van der Waals surface area contributed by atoms with Crippen LogP contribution in [0.3, 0.4) is 0 Å². The highest BCUT2D eigenvalue weighted by atomic mass is 35.5. The van der Waals surface area contributed by atoms with E-state index in [1.165, 1.54) is 23.1 Å². The van der Waals surface area contributed by atoms with E-state index in [1.807, 2.05) is 19.0 Å². The van der Waals surface area contributed by atoms with Gasteiger partial charge >= 0.3 is 0 Å². The minimum Gasteiger partial charge on any atom is -0.378 e. The first-order valence-electron chi connectivity index (χ1n) is 9.39. The molecule has 1 amide bonds. The first-order valence-corrected chi connectivity index (χ1v) is 9.77. The molecule has 0 radical (unpaired) electrons. The molecule has 1 saturated heterocycles. The van der Waals surface area contributed by atoms with Gasteiger partial charge in [-0.25, -0.2) is 4.39 Å². The van der Waals surface area contributed by atoms with Crippen molar-refractivity contribution in [2.24, 2.45) is 0 Å². The monoisotopic (exact) mass is 406 g/mol. The van der Waals surface area contributed by atoms with Gasteiger partial charge in [0.1, 0.15) is 24.9 Å². The number of nitrogens with zero attached hydrogens (tertiary/aromatic N) is 1. The molecule has 0 aliphatic carbocycles. The lowest BCUT2D eigenvalue weighted by molar-refractivity contribution is -0.937. The zero-order valence-electron chi connectivity index (χ0n) is 16.2. The number of quaternary nitrogens is 1. The highest BCUT2D eigenvalue weighted by Crippen LogP contribution is 2.20. The van der Waals surface area contributed by atoms with Crippen LogP contribution in [0.4, 0.5) is 10.1 Å². The fraction of sp³-hybridized carbons (Fsp3) is 0.381. The number of hydrogen-bond acceptors (Lipinski definition) is 3. The molecule has 0 saturated carbocycles. The van der Waals surface area contributed by atoms with Crippen molar-refractivity contribution in [2.45, 2.75) is 6.04 Å². The summed E-state index contributed by atoms with van der Waals surface area (Å²) in [5.41, 5.74) is 2.13. The predicted molar refractivity (Wildman–Crippen MR) is 109 cm³/mol. The van der Waals surface area contributed by atoms with Gasteiger partial charge < -0.3 is 19.9 Å². The van der Waals surface area contributed by atoms with Crippen LogP contribution >= 0.6 is 11.6 Å². The maximum Gasteiger partial charge on any atom is 0.256 e. The Morgan fingerprint density at radius 2 is 1.89 bits per heavy atom. The third-order valence-electron chi connectivity index (χ3n) is 5.10. The van der Waals surface area contributed by atoms with E-state index in [9.17, 15) is 9.18 Å². The molecule has 0 aromatic heterocycles. The number of carbonyl (C=O) groups excluding carboxylic acids is 1. The summed E-state index contributed by atoms with van der Waals surface area (Å²) in [7, 11) is 4.00. The van der Waals surface area contributed by atoms with Gasteiger partial charge in [0.15, 0.2) is 0 Å². The van der Waals surface area contributed by atoms with Crippen molar-refractivity contribution in [1.29, 1.82) is 0 Å². The molecule has 2 N–H and O–H groups in total. The molecule has 7 heteroatoms. The number of anilines is 1. The van der Waals surface area contributed by atoms with Gasteiger partial charge in [0.2, 0.25) is 0 Å². The molecule has 0 spiro atoms. The van der Waals surface area contributed by atoms with E-state index in [0.717, 1.165) is 24.3 Å². The SMILES string of the molecule is CN(C)c1ccc([C@H](CNC(=O)c2c(F)cccc2Cl)[NH+]2CCOCC2)cc1. The van der Waals surface area contributed by atoms with Gasteiger partial charge in [-0.3, -0.25) is 4.79 Å². The van der Waals surface area contributed by atoms with Crippen LogP contribution in [0, 0.1) is 5.82 Å². The average molecular weight is 407 g/mol. The van der Waals surface area contributed by atoms with E-state index in [1.54, 1.807) is 0 Å². The molecule has 0 bridgehead atoms. The number of halogens is 2. The van der Waals surface area contributed by atoms with Crippen molar-refractivity contribution in [3.63, 3.8) is 0 Å². The number of benzene rings is 2. The quantitative estimate of drug-likeness (QED) is 0.770. The molecule has 5 nitrogen and oxygen atoms in total. The molecule has 1 aliphatic rings. The summed E-state index contributed by atoms with van der Waals surface area (Å²) in [4.78, 5) is 16.0. The normalized spacial score (nSPS) is 15.9. The molecule has 28 heavy (non-hydrogen) atoms. The van der Waals surface area contributed by atoms with E-state index in [4.69, 9.17) is 16.3 Å². The highest BCUT2D eigenvalue weighted by molar-refractivity contribution is 6.33. The van der Waals surface area contributed by atoms with E-state index >= 15 is 0 Å². The Morgan fingerprint density at radius 1 is 1.21 bits per heavy atom. The first-order chi connectivity index (χ1) is 13.5. The summed E-state index contributed by atoms with van der Waals surface area (Å²) in [6.45, 7) is 3.48. The molecule has 1 heterocycles. The minimum atomic E-state index is -0.615. The van der Waals surface area contributed by atoms with Crippen LogP contribution < -0.4 is 15.1 Å². The van der Waals surface area contributed by atoms with E-state index in [-0.39, 0.29) is 16.6 Å². The van der Waals surface area contributed by atoms with Gasteiger partial charge in [0, 0.05) is 25.3 Å². The van der Waals surface area contributed by atoms with Crippen LogP contribution in [0.2, 0.25) is 5.02 Å². The molecule has 150 valence electrons. The lowest BCUT2D eigenvalue weighted by Crippen LogP contribution is -3.15. The fourth-order valence-corrected chi connectivity index (χ4v) is 3.73. The van der Waals surface area contributed by atoms with E-state index < -0.39 is 11.7 Å². The highest BCUT2D eigenvalue weighted by Gasteiger charge is 2.27. The summed E-state index contributed by atoms with van der Waals surface area (Å²) in [6.07, 6.45) is 0. The fourth-order valence-electron chi connectivity index (χ4n) is 3.48. The van der Waals surface area contributed by atoms with Crippen molar-refractivity contribution in [1.82, 2.24) is 5.32 Å². The molecular formula is C21H26ClFN3O2+. The molecule has 3 rings (SSSR count). The first kappa shape index (κ1) is 20.6. The molecule has 1 atom stereocenters. The molecule has 1 fully saturated rings. The molecular weight excluding hydrogens is 381 g/mol. The number of ether oxygens (including phenoxy) is 1. The van der Waals surface area contributed by atoms with Crippen LogP contribution in [0.15, 0.2) is 42.5 Å². The van der Waals surface area contributed by atoms with Crippen molar-refractivity contribution in [3.05, 3.63) is 64.4 Å². The van der Waals surface area contributed by atoms with Gasteiger partial charge in [-0.1, -0.05) is 29.8 Å². The number of rotatable bonds is 6. The minimum absolute atomic E-state index is 0.0506. The molecule has 0 unspecified atom stereocenters. The van der Waals surface area contributed by atoms with Crippen molar-refractivity contribution >= 4 is 23.2 Å². The summed E-state index contributed by atoms with van der Waals surface area (Å²) in [5, 5.41) is 2.99. The smallest absolute Gasteiger partial charge is 0.256 e. The second-order valence-corrected chi connectivity index (χ2v) is 7.52. The average Bonchev–Trinajstić information content (AvgIpc) is 2.69. The van der Waals surface area contributed by atoms with Crippen molar-refractivity contribution in [2.75, 3.05) is 51.8 Å². The number of carbonyl (C=O) groups is 1. The van der Waals surface area contributed by atoms with Crippen LogP contribution in [0.1, 0.15) is 22.0 Å². The maximum absolute atomic E-state index is 14.1. The van der Waals surface area contributed by atoms with Gasteiger partial charge in [-0.2, -0.15) is 0 Å². The lowest BCUT2D eigenvalue weighted by Gasteiger charge is -2.32. The van der Waals surface area contributed by atoms with Crippen LogP contribution in [-0.4, -0.2) is 52.9 Å². The van der Waals surface area contributed by atoms with Crippen LogP contribution in [-0.2, 0) is 4.74 Å². The molecule has 1 aliphatic heterocycles. The lowest BCUT2D eigenvalue weighted by atomic mass is 10.0. The Morgan fingerprint density at radius 3 is 2.50 bits per heavy atom. The molecule has 2 aromatic rings. The second kappa shape index (κ2) is 9.37. The summed E-state index contributed by atoms with van der Waals surface area (Å²) in [6, 6.07) is 12.6. The summed E-state index contributed by atoms with van der Waals surface area (Å²) >= 11 is 6.03. The van der Waals surface area contributed by atoms with Gasteiger partial charge in [-0.05, 0) is 24.3 Å². The largest absolute Gasteiger partial charge is 0.378 e. The van der Waals surface area contributed by atoms with Crippen molar-refractivity contribution < 1.29 is 18.8 Å². The Kier molecular flexibility index (Phi) is 6.88. The second-order valence-electron chi connectivity index (χ2n) is 7.12. The summed E-state index contributed by atoms with van der Waals surface area (Å²) in [5.74, 6) is -1.11. The number of nitrogens with one attached hydrogen (secondary N) is 2. The molecule has 2 aromatic carbocycles. The van der Waals surface area contributed by atoms with Gasteiger partial charge in [0.05, 0.1) is 30.3 Å². The van der Waals surface area contributed by atoms with Crippen molar-refractivity contribution in [3.8, 4) is 0 Å². The maximum atomic E-state index is 14.1. The zero-order valence-corrected chi connectivity index (χ0v) is 16.9. The van der Waals surface area contributed by atoms with Gasteiger partial charge in [0.25, 0.3) is 5.91 Å². The Bertz CT molecular complexity index is 788. The third-order valence-corrected chi connectivity index (χ3v) is 5.41. The Labute approximate surface area is 170 Å². The standard InChI is InChI=1S/C21H25ClFN3O2/c1-25(2)16-8-6-15(7-9-16)19(26-10-12-28-13-11-26)14-24-21(27)20-17(22)4-3-5-18(20)23/h3-9,19H,10-14H2,1-2H3,(H,24,27)/p+1/t19-/m0/s1. The van der Waals surface area contributed by atoms with Gasteiger partial charge in [-0.15, -0.1) is 0 Å².